The van der Waals surface area contributed by atoms with Crippen LogP contribution in [-0.2, 0) is 6.42 Å². The number of carbonyl (C=O) groups is 1. The van der Waals surface area contributed by atoms with Gasteiger partial charge in [0.05, 0.1) is 10.7 Å². The van der Waals surface area contributed by atoms with Crippen molar-refractivity contribution in [2.24, 2.45) is 0 Å². The number of halogens is 2. The van der Waals surface area contributed by atoms with Crippen LogP contribution < -0.4 is 10.6 Å². The Balaban J connectivity index is 2.22. The maximum atomic E-state index is 13.2. The van der Waals surface area contributed by atoms with Crippen LogP contribution in [0.2, 0.25) is 5.02 Å². The predicted molar refractivity (Wildman–Crippen MR) is 83.4 cm³/mol. The molecule has 2 aromatic carbocycles. The molecule has 3 nitrogen and oxygen atoms in total. The van der Waals surface area contributed by atoms with E-state index in [1.54, 1.807) is 12.1 Å². The van der Waals surface area contributed by atoms with Crippen LogP contribution in [0.4, 0.5) is 10.1 Å². The highest BCUT2D eigenvalue weighted by molar-refractivity contribution is 6.33. The van der Waals surface area contributed by atoms with Gasteiger partial charge >= 0.3 is 0 Å². The highest BCUT2D eigenvalue weighted by Crippen LogP contribution is 2.23. The first kappa shape index (κ1) is 15.5. The van der Waals surface area contributed by atoms with E-state index < -0.39 is 5.82 Å². The van der Waals surface area contributed by atoms with Crippen molar-refractivity contribution >= 4 is 23.2 Å². The third-order valence-corrected chi connectivity index (χ3v) is 3.41. The molecule has 0 bridgehead atoms. The van der Waals surface area contributed by atoms with Crippen molar-refractivity contribution in [3.8, 4) is 0 Å². The van der Waals surface area contributed by atoms with Gasteiger partial charge in [-0.3, -0.25) is 4.79 Å². The van der Waals surface area contributed by atoms with Crippen molar-refractivity contribution in [3.63, 3.8) is 0 Å². The third-order valence-electron chi connectivity index (χ3n) is 3.08. The van der Waals surface area contributed by atoms with Crippen LogP contribution in [0, 0.1) is 5.82 Å². The average molecular weight is 307 g/mol. The molecule has 0 fully saturated rings. The molecule has 0 unspecified atom stereocenters. The van der Waals surface area contributed by atoms with Crippen LogP contribution in [0.25, 0.3) is 0 Å². The van der Waals surface area contributed by atoms with Crippen molar-refractivity contribution in [1.82, 2.24) is 5.32 Å². The number of rotatable bonds is 5. The fourth-order valence-electron chi connectivity index (χ4n) is 2.00. The molecule has 0 saturated carbocycles. The van der Waals surface area contributed by atoms with E-state index in [1.165, 1.54) is 18.2 Å². The number of anilines is 1. The van der Waals surface area contributed by atoms with Gasteiger partial charge in [-0.2, -0.15) is 0 Å². The molecular weight excluding hydrogens is 291 g/mol. The third kappa shape index (κ3) is 4.03. The first-order valence-electron chi connectivity index (χ1n) is 6.60. The molecular formula is C16H16ClFN2O. The highest BCUT2D eigenvalue weighted by Gasteiger charge is 2.12. The second-order valence-electron chi connectivity index (χ2n) is 4.59. The van der Waals surface area contributed by atoms with Gasteiger partial charge in [-0.25, -0.2) is 4.39 Å². The molecule has 0 aromatic heterocycles. The molecule has 2 N–H and O–H groups in total. The molecule has 0 aliphatic rings. The summed E-state index contributed by atoms with van der Waals surface area (Å²) in [6, 6.07) is 11.2. The Labute approximate surface area is 128 Å². The standard InChI is InChI=1S/C16H16ClFN2O/c1-19-9-8-11-4-2-3-5-13(11)16(21)20-15-10-12(18)6-7-14(15)17/h2-7,10,19H,8-9H2,1H3,(H,20,21). The first-order valence-corrected chi connectivity index (χ1v) is 6.98. The van der Waals surface area contributed by atoms with Gasteiger partial charge in [-0.05, 0) is 49.8 Å². The van der Waals surface area contributed by atoms with Gasteiger partial charge in [0.15, 0.2) is 0 Å². The van der Waals surface area contributed by atoms with E-state index in [2.05, 4.69) is 10.6 Å². The predicted octanol–water partition coefficient (Wildman–Crippen LogP) is 3.49. The van der Waals surface area contributed by atoms with E-state index in [-0.39, 0.29) is 11.6 Å². The van der Waals surface area contributed by atoms with Crippen molar-refractivity contribution in [3.05, 3.63) is 64.4 Å². The average Bonchev–Trinajstić information content (AvgIpc) is 2.49. The van der Waals surface area contributed by atoms with Crippen molar-refractivity contribution in [2.45, 2.75) is 6.42 Å². The van der Waals surface area contributed by atoms with Gasteiger partial charge in [-0.15, -0.1) is 0 Å². The molecule has 2 aromatic rings. The molecule has 0 aliphatic heterocycles. The van der Waals surface area contributed by atoms with Crippen LogP contribution >= 0.6 is 11.6 Å². The summed E-state index contributed by atoms with van der Waals surface area (Å²) in [5.41, 5.74) is 1.76. The Morgan fingerprint density at radius 3 is 2.76 bits per heavy atom. The van der Waals surface area contributed by atoms with Gasteiger partial charge in [-0.1, -0.05) is 29.8 Å². The zero-order chi connectivity index (χ0) is 15.2. The van der Waals surface area contributed by atoms with Gasteiger partial charge < -0.3 is 10.6 Å². The Bertz CT molecular complexity index is 646. The molecule has 5 heteroatoms. The lowest BCUT2D eigenvalue weighted by atomic mass is 10.0. The van der Waals surface area contributed by atoms with Crippen molar-refractivity contribution < 1.29 is 9.18 Å². The minimum absolute atomic E-state index is 0.269. The van der Waals surface area contributed by atoms with E-state index >= 15 is 0 Å². The highest BCUT2D eigenvalue weighted by atomic mass is 35.5. The van der Waals surface area contributed by atoms with E-state index in [0.717, 1.165) is 18.5 Å². The number of likely N-dealkylation sites (N-methyl/N-ethyl adjacent to an activating group) is 1. The van der Waals surface area contributed by atoms with E-state index in [9.17, 15) is 9.18 Å². The molecule has 0 spiro atoms. The molecule has 0 radical (unpaired) electrons. The lowest BCUT2D eigenvalue weighted by Gasteiger charge is -2.11. The first-order chi connectivity index (χ1) is 10.1. The molecule has 110 valence electrons. The minimum atomic E-state index is -0.446. The summed E-state index contributed by atoms with van der Waals surface area (Å²) in [6.45, 7) is 0.769. The van der Waals surface area contributed by atoms with E-state index in [0.29, 0.717) is 10.6 Å². The van der Waals surface area contributed by atoms with E-state index in [4.69, 9.17) is 11.6 Å². The minimum Gasteiger partial charge on any atom is -0.321 e. The van der Waals surface area contributed by atoms with Crippen LogP contribution in [0.3, 0.4) is 0 Å². The number of hydrogen-bond donors (Lipinski definition) is 2. The second kappa shape index (κ2) is 7.20. The van der Waals surface area contributed by atoms with Gasteiger partial charge in [0.2, 0.25) is 0 Å². The number of amides is 1. The normalized spacial score (nSPS) is 10.4. The summed E-state index contributed by atoms with van der Waals surface area (Å²) in [5, 5.41) is 6.00. The zero-order valence-electron chi connectivity index (χ0n) is 11.6. The molecule has 21 heavy (non-hydrogen) atoms. The molecule has 0 aliphatic carbocycles. The topological polar surface area (TPSA) is 41.1 Å². The largest absolute Gasteiger partial charge is 0.321 e. The summed E-state index contributed by atoms with van der Waals surface area (Å²) < 4.78 is 13.2. The maximum absolute atomic E-state index is 13.2. The number of carbonyl (C=O) groups excluding carboxylic acids is 1. The smallest absolute Gasteiger partial charge is 0.255 e. The zero-order valence-corrected chi connectivity index (χ0v) is 12.4. The Hall–Kier alpha value is -1.91. The van der Waals surface area contributed by atoms with Gasteiger partial charge in [0.1, 0.15) is 5.82 Å². The Kier molecular flexibility index (Phi) is 5.31. The van der Waals surface area contributed by atoms with Gasteiger partial charge in [0.25, 0.3) is 5.91 Å². The van der Waals surface area contributed by atoms with Crippen molar-refractivity contribution in [1.29, 1.82) is 0 Å². The summed E-state index contributed by atoms with van der Waals surface area (Å²) in [4.78, 5) is 12.3. The van der Waals surface area contributed by atoms with E-state index in [1.807, 2.05) is 19.2 Å². The summed E-state index contributed by atoms with van der Waals surface area (Å²) in [7, 11) is 1.86. The SMILES string of the molecule is CNCCc1ccccc1C(=O)Nc1cc(F)ccc1Cl. The molecule has 0 saturated heterocycles. The number of benzene rings is 2. The Morgan fingerprint density at radius 2 is 2.00 bits per heavy atom. The van der Waals surface area contributed by atoms with Crippen LogP contribution in [0.5, 0.6) is 0 Å². The lowest BCUT2D eigenvalue weighted by molar-refractivity contribution is 0.102. The Morgan fingerprint density at radius 1 is 1.24 bits per heavy atom. The maximum Gasteiger partial charge on any atom is 0.255 e. The molecule has 0 heterocycles. The quantitative estimate of drug-likeness (QED) is 0.888. The summed E-state index contributed by atoms with van der Waals surface area (Å²) in [6.07, 6.45) is 0.733. The van der Waals surface area contributed by atoms with Crippen LogP contribution in [0.15, 0.2) is 42.5 Å². The molecule has 0 atom stereocenters. The second-order valence-corrected chi connectivity index (χ2v) is 5.00. The monoisotopic (exact) mass is 306 g/mol. The lowest BCUT2D eigenvalue weighted by Crippen LogP contribution is -2.17. The van der Waals surface area contributed by atoms with Gasteiger partial charge in [0, 0.05) is 5.56 Å². The fourth-order valence-corrected chi connectivity index (χ4v) is 2.17. The van der Waals surface area contributed by atoms with Crippen molar-refractivity contribution in [2.75, 3.05) is 18.9 Å². The van der Waals surface area contributed by atoms with Crippen LogP contribution in [0.1, 0.15) is 15.9 Å². The number of hydrogen-bond acceptors (Lipinski definition) is 2. The molecule has 1 amide bonds. The number of nitrogens with one attached hydrogen (secondary N) is 2. The van der Waals surface area contributed by atoms with Crippen LogP contribution in [-0.4, -0.2) is 19.5 Å². The summed E-state index contributed by atoms with van der Waals surface area (Å²) >= 11 is 5.96. The summed E-state index contributed by atoms with van der Waals surface area (Å²) in [5.74, 6) is -0.743. The molecule has 2 rings (SSSR count). The fraction of sp³-hybridized carbons (Fsp3) is 0.188.